The summed E-state index contributed by atoms with van der Waals surface area (Å²) in [6.07, 6.45) is 1.91. The van der Waals surface area contributed by atoms with Crippen molar-refractivity contribution in [1.29, 1.82) is 0 Å². The van der Waals surface area contributed by atoms with Crippen LogP contribution in [0.2, 0.25) is 5.02 Å². The molecule has 2 aromatic rings. The molecule has 0 N–H and O–H groups in total. The van der Waals surface area contributed by atoms with Crippen LogP contribution in [-0.2, 0) is 11.3 Å². The maximum Gasteiger partial charge on any atom is 0.135 e. The average molecular weight is 225 g/mol. The van der Waals surface area contributed by atoms with Gasteiger partial charge in [-0.1, -0.05) is 17.7 Å². The Kier molecular flexibility index (Phi) is 2.98. The summed E-state index contributed by atoms with van der Waals surface area (Å²) in [5.41, 5.74) is 1.81. The Morgan fingerprint density at radius 3 is 2.93 bits per heavy atom. The average Bonchev–Trinajstić information content (AvgIpc) is 2.59. The van der Waals surface area contributed by atoms with Gasteiger partial charge in [-0.15, -0.1) is 0 Å². The van der Waals surface area contributed by atoms with Crippen molar-refractivity contribution in [2.45, 2.75) is 26.6 Å². The molecule has 0 radical (unpaired) electrons. The number of fused-ring (bicyclic) bond motifs is 1. The van der Waals surface area contributed by atoms with Crippen LogP contribution in [0.5, 0.6) is 0 Å². The molecule has 2 nitrogen and oxygen atoms in total. The third kappa shape index (κ3) is 2.16. The number of hydrogen-bond donors (Lipinski definition) is 0. The van der Waals surface area contributed by atoms with Gasteiger partial charge in [-0.3, -0.25) is 0 Å². The predicted octanol–water partition coefficient (Wildman–Crippen LogP) is 4.01. The second-order valence-corrected chi connectivity index (χ2v) is 4.14. The van der Waals surface area contributed by atoms with Crippen LogP contribution < -0.4 is 0 Å². The molecule has 0 saturated heterocycles. The lowest BCUT2D eigenvalue weighted by molar-refractivity contribution is 0.0660. The summed E-state index contributed by atoms with van der Waals surface area (Å²) in [5.74, 6) is 0. The lowest BCUT2D eigenvalue weighted by Crippen LogP contribution is -2.01. The van der Waals surface area contributed by atoms with Crippen LogP contribution in [-0.4, -0.2) is 6.10 Å². The molecule has 0 fully saturated rings. The molecule has 1 aromatic heterocycles. The second-order valence-electron chi connectivity index (χ2n) is 3.73. The number of benzene rings is 1. The van der Waals surface area contributed by atoms with Gasteiger partial charge in [-0.25, -0.2) is 0 Å². The number of ether oxygens (including phenoxy) is 1. The van der Waals surface area contributed by atoms with Crippen molar-refractivity contribution >= 4 is 22.6 Å². The largest absolute Gasteiger partial charge is 0.464 e. The van der Waals surface area contributed by atoms with Crippen LogP contribution in [0.15, 0.2) is 28.9 Å². The van der Waals surface area contributed by atoms with E-state index < -0.39 is 0 Å². The van der Waals surface area contributed by atoms with E-state index in [0.29, 0.717) is 11.6 Å². The van der Waals surface area contributed by atoms with E-state index in [4.69, 9.17) is 20.8 Å². The fourth-order valence-electron chi connectivity index (χ4n) is 1.47. The van der Waals surface area contributed by atoms with Crippen LogP contribution in [0.4, 0.5) is 0 Å². The summed E-state index contributed by atoms with van der Waals surface area (Å²) in [6.45, 7) is 4.54. The van der Waals surface area contributed by atoms with E-state index in [9.17, 15) is 0 Å². The van der Waals surface area contributed by atoms with Gasteiger partial charge in [0.1, 0.15) is 5.58 Å². The molecule has 2 rings (SSSR count). The van der Waals surface area contributed by atoms with Crippen LogP contribution in [0, 0.1) is 0 Å². The summed E-state index contributed by atoms with van der Waals surface area (Å²) in [4.78, 5) is 0. The molecule has 0 amide bonds. The molecule has 80 valence electrons. The molecule has 0 aliphatic carbocycles. The Labute approximate surface area is 93.8 Å². The van der Waals surface area contributed by atoms with Crippen molar-refractivity contribution in [3.8, 4) is 0 Å². The molecule has 3 heteroatoms. The van der Waals surface area contributed by atoms with E-state index in [1.54, 1.807) is 6.26 Å². The Bertz CT molecular complexity index is 460. The van der Waals surface area contributed by atoms with Gasteiger partial charge in [0.2, 0.25) is 0 Å². The number of rotatable bonds is 3. The third-order valence-corrected chi connectivity index (χ3v) is 2.51. The Morgan fingerprint density at radius 2 is 2.20 bits per heavy atom. The minimum atomic E-state index is 0.206. The Balaban J connectivity index is 2.35. The Hall–Kier alpha value is -0.990. The van der Waals surface area contributed by atoms with Crippen molar-refractivity contribution in [3.05, 3.63) is 35.0 Å². The maximum atomic E-state index is 6.10. The van der Waals surface area contributed by atoms with Crippen molar-refractivity contribution in [1.82, 2.24) is 0 Å². The van der Waals surface area contributed by atoms with Crippen molar-refractivity contribution in [3.63, 3.8) is 0 Å². The first-order chi connectivity index (χ1) is 7.18. The predicted molar refractivity (Wildman–Crippen MR) is 61.1 cm³/mol. The summed E-state index contributed by atoms with van der Waals surface area (Å²) >= 11 is 6.10. The van der Waals surface area contributed by atoms with E-state index in [1.807, 2.05) is 32.0 Å². The highest BCUT2D eigenvalue weighted by atomic mass is 35.5. The highest BCUT2D eigenvalue weighted by Gasteiger charge is 2.09. The molecule has 0 aliphatic heterocycles. The molecule has 0 atom stereocenters. The molecule has 0 spiro atoms. The van der Waals surface area contributed by atoms with Gasteiger partial charge in [0.15, 0.2) is 0 Å². The fourth-order valence-corrected chi connectivity index (χ4v) is 1.76. The quantitative estimate of drug-likeness (QED) is 0.786. The molecule has 0 bridgehead atoms. The van der Waals surface area contributed by atoms with E-state index in [-0.39, 0.29) is 6.10 Å². The lowest BCUT2D eigenvalue weighted by Gasteiger charge is -2.05. The monoisotopic (exact) mass is 224 g/mol. The highest BCUT2D eigenvalue weighted by molar-refractivity contribution is 6.35. The van der Waals surface area contributed by atoms with E-state index in [0.717, 1.165) is 16.5 Å². The minimum absolute atomic E-state index is 0.206. The fraction of sp³-hybridized carbons (Fsp3) is 0.333. The Morgan fingerprint density at radius 1 is 1.40 bits per heavy atom. The van der Waals surface area contributed by atoms with E-state index in [1.165, 1.54) is 0 Å². The number of halogens is 1. The van der Waals surface area contributed by atoms with Crippen LogP contribution in [0.25, 0.3) is 11.0 Å². The van der Waals surface area contributed by atoms with Gasteiger partial charge in [0.05, 0.1) is 24.0 Å². The minimum Gasteiger partial charge on any atom is -0.464 e. The van der Waals surface area contributed by atoms with Gasteiger partial charge in [-0.05, 0) is 26.0 Å². The van der Waals surface area contributed by atoms with Gasteiger partial charge >= 0.3 is 0 Å². The zero-order chi connectivity index (χ0) is 10.8. The molecule has 1 heterocycles. The van der Waals surface area contributed by atoms with Crippen molar-refractivity contribution in [2.24, 2.45) is 0 Å². The molecule has 1 aromatic carbocycles. The molecule has 0 aliphatic rings. The number of furan rings is 1. The van der Waals surface area contributed by atoms with Crippen LogP contribution >= 0.6 is 11.6 Å². The topological polar surface area (TPSA) is 22.4 Å². The van der Waals surface area contributed by atoms with E-state index >= 15 is 0 Å². The molecular formula is C12H13ClO2. The summed E-state index contributed by atoms with van der Waals surface area (Å²) in [5, 5.41) is 1.67. The molecular weight excluding hydrogens is 212 g/mol. The first kappa shape index (κ1) is 10.5. The summed E-state index contributed by atoms with van der Waals surface area (Å²) in [6, 6.07) is 5.64. The summed E-state index contributed by atoms with van der Waals surface area (Å²) in [7, 11) is 0. The van der Waals surface area contributed by atoms with E-state index in [2.05, 4.69) is 0 Å². The standard InChI is InChI=1S/C12H13ClO2/c1-8(2)14-6-9-7-15-11-5-3-4-10(13)12(9)11/h3-5,7-8H,6H2,1-2H3. The van der Waals surface area contributed by atoms with Gasteiger partial charge in [-0.2, -0.15) is 0 Å². The van der Waals surface area contributed by atoms with Gasteiger partial charge in [0.25, 0.3) is 0 Å². The third-order valence-electron chi connectivity index (χ3n) is 2.20. The SMILES string of the molecule is CC(C)OCc1coc2cccc(Cl)c12. The normalized spacial score (nSPS) is 11.5. The zero-order valence-corrected chi connectivity index (χ0v) is 9.54. The molecule has 15 heavy (non-hydrogen) atoms. The number of hydrogen-bond acceptors (Lipinski definition) is 2. The zero-order valence-electron chi connectivity index (χ0n) is 8.79. The van der Waals surface area contributed by atoms with Crippen LogP contribution in [0.1, 0.15) is 19.4 Å². The molecule has 0 saturated carbocycles. The molecule has 0 unspecified atom stereocenters. The van der Waals surface area contributed by atoms with Gasteiger partial charge in [0, 0.05) is 10.9 Å². The smallest absolute Gasteiger partial charge is 0.135 e. The second kappa shape index (κ2) is 4.25. The van der Waals surface area contributed by atoms with Crippen LogP contribution in [0.3, 0.4) is 0 Å². The maximum absolute atomic E-state index is 6.10. The first-order valence-corrected chi connectivity index (χ1v) is 5.32. The lowest BCUT2D eigenvalue weighted by atomic mass is 10.2. The van der Waals surface area contributed by atoms with Crippen molar-refractivity contribution in [2.75, 3.05) is 0 Å². The first-order valence-electron chi connectivity index (χ1n) is 4.94. The summed E-state index contributed by atoms with van der Waals surface area (Å²) < 4.78 is 10.9. The highest BCUT2D eigenvalue weighted by Crippen LogP contribution is 2.29. The van der Waals surface area contributed by atoms with Gasteiger partial charge < -0.3 is 9.15 Å². The van der Waals surface area contributed by atoms with Crippen molar-refractivity contribution < 1.29 is 9.15 Å².